The molecule has 8 heteroatoms. The van der Waals surface area contributed by atoms with Gasteiger partial charge in [-0.2, -0.15) is 4.72 Å². The Balaban J connectivity index is 2.09. The number of sulfonamides is 1. The molecule has 1 amide bonds. The Morgan fingerprint density at radius 1 is 1.16 bits per heavy atom. The summed E-state index contributed by atoms with van der Waals surface area (Å²) < 4.78 is 45.1. The highest BCUT2D eigenvalue weighted by Crippen LogP contribution is 2.21. The molecule has 0 aliphatic rings. The summed E-state index contributed by atoms with van der Waals surface area (Å²) in [6.45, 7) is 3.15. The van der Waals surface area contributed by atoms with Gasteiger partial charge in [-0.15, -0.1) is 0 Å². The van der Waals surface area contributed by atoms with Crippen LogP contribution in [0.5, 0.6) is 5.75 Å². The zero-order valence-corrected chi connectivity index (χ0v) is 14.9. The van der Waals surface area contributed by atoms with Gasteiger partial charge in [-0.25, -0.2) is 12.8 Å². The maximum atomic E-state index is 12.9. The van der Waals surface area contributed by atoms with Crippen molar-refractivity contribution in [2.45, 2.75) is 24.8 Å². The highest BCUT2D eigenvalue weighted by Gasteiger charge is 2.22. The summed E-state index contributed by atoms with van der Waals surface area (Å²) in [5.41, 5.74) is 1.03. The van der Waals surface area contributed by atoms with Crippen LogP contribution < -0.4 is 14.8 Å². The summed E-state index contributed by atoms with van der Waals surface area (Å²) in [4.78, 5) is 12.2. The van der Waals surface area contributed by atoms with Gasteiger partial charge < -0.3 is 10.1 Å². The molecular weight excluding hydrogens is 347 g/mol. The molecule has 1 atom stereocenters. The van der Waals surface area contributed by atoms with Crippen LogP contribution >= 0.6 is 0 Å². The van der Waals surface area contributed by atoms with E-state index in [0.29, 0.717) is 17.0 Å². The molecule has 0 radical (unpaired) electrons. The quantitative estimate of drug-likeness (QED) is 0.822. The zero-order chi connectivity index (χ0) is 18.6. The smallest absolute Gasteiger partial charge is 0.242 e. The molecule has 0 spiro atoms. The number of aryl methyl sites for hydroxylation is 1. The molecule has 0 unspecified atom stereocenters. The van der Waals surface area contributed by atoms with Gasteiger partial charge in [0.2, 0.25) is 15.9 Å². The van der Waals surface area contributed by atoms with Crippen molar-refractivity contribution in [3.8, 4) is 5.75 Å². The van der Waals surface area contributed by atoms with Crippen LogP contribution in [0.25, 0.3) is 0 Å². The Kier molecular flexibility index (Phi) is 5.76. The molecule has 0 saturated heterocycles. The maximum absolute atomic E-state index is 12.9. The lowest BCUT2D eigenvalue weighted by molar-refractivity contribution is -0.117. The summed E-state index contributed by atoms with van der Waals surface area (Å²) in [7, 11) is -2.38. The van der Waals surface area contributed by atoms with Gasteiger partial charge >= 0.3 is 0 Å². The predicted octanol–water partition coefficient (Wildman–Crippen LogP) is 2.45. The van der Waals surface area contributed by atoms with Crippen molar-refractivity contribution in [2.24, 2.45) is 0 Å². The number of hydrogen-bond donors (Lipinski definition) is 2. The van der Waals surface area contributed by atoms with Crippen LogP contribution in [0, 0.1) is 12.7 Å². The number of halogens is 1. The zero-order valence-electron chi connectivity index (χ0n) is 14.0. The largest absolute Gasteiger partial charge is 0.496 e. The summed E-state index contributed by atoms with van der Waals surface area (Å²) >= 11 is 0. The first kappa shape index (κ1) is 18.9. The van der Waals surface area contributed by atoms with Gasteiger partial charge in [-0.1, -0.05) is 0 Å². The first-order valence-corrected chi connectivity index (χ1v) is 8.94. The van der Waals surface area contributed by atoms with Crippen molar-refractivity contribution < 1.29 is 22.3 Å². The van der Waals surface area contributed by atoms with E-state index in [9.17, 15) is 17.6 Å². The Bertz CT molecular complexity index is 867. The van der Waals surface area contributed by atoms with E-state index in [4.69, 9.17) is 4.74 Å². The number of nitrogens with one attached hydrogen (secondary N) is 2. The molecule has 2 rings (SSSR count). The average Bonchev–Trinajstić information content (AvgIpc) is 2.56. The molecule has 0 bridgehead atoms. The number of benzene rings is 2. The third-order valence-corrected chi connectivity index (χ3v) is 5.05. The molecule has 134 valence electrons. The fraction of sp³-hybridized carbons (Fsp3) is 0.235. The van der Waals surface area contributed by atoms with Crippen molar-refractivity contribution >= 4 is 21.6 Å². The number of methoxy groups -OCH3 is 1. The van der Waals surface area contributed by atoms with E-state index >= 15 is 0 Å². The molecule has 2 aromatic rings. The molecule has 0 aliphatic carbocycles. The summed E-state index contributed by atoms with van der Waals surface area (Å²) in [6.07, 6.45) is 0. The van der Waals surface area contributed by atoms with Crippen molar-refractivity contribution in [1.29, 1.82) is 0 Å². The van der Waals surface area contributed by atoms with Crippen LogP contribution in [0.2, 0.25) is 0 Å². The van der Waals surface area contributed by atoms with Gasteiger partial charge in [0.15, 0.2) is 0 Å². The first-order chi connectivity index (χ1) is 11.7. The minimum Gasteiger partial charge on any atom is -0.496 e. The number of amides is 1. The van der Waals surface area contributed by atoms with Crippen LogP contribution in [0.15, 0.2) is 47.4 Å². The van der Waals surface area contributed by atoms with E-state index < -0.39 is 27.8 Å². The van der Waals surface area contributed by atoms with Crippen molar-refractivity contribution in [3.63, 3.8) is 0 Å². The molecule has 0 saturated carbocycles. The molecule has 25 heavy (non-hydrogen) atoms. The van der Waals surface area contributed by atoms with Gasteiger partial charge in [0.25, 0.3) is 0 Å². The van der Waals surface area contributed by atoms with E-state index in [-0.39, 0.29) is 4.90 Å². The van der Waals surface area contributed by atoms with Crippen LogP contribution in [0.4, 0.5) is 10.1 Å². The Morgan fingerprint density at radius 3 is 2.36 bits per heavy atom. The van der Waals surface area contributed by atoms with Gasteiger partial charge in [-0.3, -0.25) is 4.79 Å². The summed E-state index contributed by atoms with van der Waals surface area (Å²) in [6, 6.07) is 8.58. The number of carbonyl (C=O) groups excluding carboxylic acids is 1. The Morgan fingerprint density at radius 2 is 1.80 bits per heavy atom. The highest BCUT2D eigenvalue weighted by molar-refractivity contribution is 7.89. The lowest BCUT2D eigenvalue weighted by atomic mass is 10.2. The third-order valence-electron chi connectivity index (χ3n) is 3.51. The molecular formula is C17H19FN2O4S. The van der Waals surface area contributed by atoms with Crippen LogP contribution in [-0.4, -0.2) is 27.5 Å². The molecule has 2 aromatic carbocycles. The van der Waals surface area contributed by atoms with E-state index in [1.807, 2.05) is 0 Å². The molecule has 0 aliphatic heterocycles. The van der Waals surface area contributed by atoms with Crippen molar-refractivity contribution in [3.05, 3.63) is 53.8 Å². The number of carbonyl (C=O) groups is 1. The van der Waals surface area contributed by atoms with E-state index in [0.717, 1.165) is 0 Å². The lowest BCUT2D eigenvalue weighted by Crippen LogP contribution is -2.41. The maximum Gasteiger partial charge on any atom is 0.242 e. The molecule has 6 nitrogen and oxygen atoms in total. The number of rotatable bonds is 6. The first-order valence-electron chi connectivity index (χ1n) is 7.46. The second kappa shape index (κ2) is 7.62. The molecule has 0 aromatic heterocycles. The van der Waals surface area contributed by atoms with Crippen LogP contribution in [0.3, 0.4) is 0 Å². The number of anilines is 1. The third kappa shape index (κ3) is 4.77. The normalized spacial score (nSPS) is 12.5. The van der Waals surface area contributed by atoms with E-state index in [1.165, 1.54) is 50.4 Å². The predicted molar refractivity (Wildman–Crippen MR) is 92.5 cm³/mol. The Labute approximate surface area is 146 Å². The summed E-state index contributed by atoms with van der Waals surface area (Å²) in [5, 5.41) is 2.52. The molecule has 0 fully saturated rings. The van der Waals surface area contributed by atoms with E-state index in [2.05, 4.69) is 10.0 Å². The second-order valence-corrected chi connectivity index (χ2v) is 7.18. The van der Waals surface area contributed by atoms with Gasteiger partial charge in [0.1, 0.15) is 11.6 Å². The summed E-state index contributed by atoms with van der Waals surface area (Å²) in [5.74, 6) is -0.414. The van der Waals surface area contributed by atoms with Crippen molar-refractivity contribution in [2.75, 3.05) is 12.4 Å². The van der Waals surface area contributed by atoms with E-state index in [1.54, 1.807) is 13.0 Å². The number of hydrogen-bond acceptors (Lipinski definition) is 4. The van der Waals surface area contributed by atoms with Gasteiger partial charge in [0, 0.05) is 5.69 Å². The van der Waals surface area contributed by atoms with Crippen LogP contribution in [-0.2, 0) is 14.8 Å². The standard InChI is InChI=1S/C17H19FN2O4S/c1-11-10-15(8-9-16(11)24-3)25(22,23)20-12(2)17(21)19-14-6-4-13(18)5-7-14/h4-10,12,20H,1-3H3,(H,19,21)/t12-/m1/s1. The fourth-order valence-electron chi connectivity index (χ4n) is 2.16. The highest BCUT2D eigenvalue weighted by atomic mass is 32.2. The minimum atomic E-state index is -3.88. The second-order valence-electron chi connectivity index (χ2n) is 5.47. The fourth-order valence-corrected chi connectivity index (χ4v) is 3.44. The van der Waals surface area contributed by atoms with Crippen molar-refractivity contribution in [1.82, 2.24) is 4.72 Å². The Hall–Kier alpha value is -2.45. The topological polar surface area (TPSA) is 84.5 Å². The van der Waals surface area contributed by atoms with Gasteiger partial charge in [0.05, 0.1) is 18.0 Å². The lowest BCUT2D eigenvalue weighted by Gasteiger charge is -2.15. The monoisotopic (exact) mass is 366 g/mol. The van der Waals surface area contributed by atoms with Crippen LogP contribution in [0.1, 0.15) is 12.5 Å². The SMILES string of the molecule is COc1ccc(S(=O)(=O)N[C@H](C)C(=O)Nc2ccc(F)cc2)cc1C. The molecule has 0 heterocycles. The minimum absolute atomic E-state index is 0.0345. The number of ether oxygens (including phenoxy) is 1. The molecule has 2 N–H and O–H groups in total. The van der Waals surface area contributed by atoms with Gasteiger partial charge in [-0.05, 0) is 61.9 Å². The average molecular weight is 366 g/mol.